The first-order valence-corrected chi connectivity index (χ1v) is 5.68. The van der Waals surface area contributed by atoms with Crippen LogP contribution in [0.15, 0.2) is 16.7 Å². The van der Waals surface area contributed by atoms with Gasteiger partial charge in [0, 0.05) is 16.0 Å². The van der Waals surface area contributed by atoms with Gasteiger partial charge in [-0.2, -0.15) is 5.26 Å². The van der Waals surface area contributed by atoms with Crippen molar-refractivity contribution in [2.45, 2.75) is 12.8 Å². The van der Waals surface area contributed by atoms with Crippen molar-refractivity contribution in [3.05, 3.63) is 28.0 Å². The van der Waals surface area contributed by atoms with Crippen LogP contribution in [0.1, 0.15) is 17.2 Å². The van der Waals surface area contributed by atoms with Gasteiger partial charge in [0.1, 0.15) is 0 Å². The number of rotatable bonds is 2. The Bertz CT molecular complexity index is 344. The molecule has 0 saturated carbocycles. The minimum atomic E-state index is -0.159. The van der Waals surface area contributed by atoms with E-state index in [1.807, 2.05) is 13.0 Å². The highest BCUT2D eigenvalue weighted by molar-refractivity contribution is 9.10. The first-order valence-electron chi connectivity index (χ1n) is 3.76. The summed E-state index contributed by atoms with van der Waals surface area (Å²) in [7, 11) is 0. The molecule has 1 atom stereocenters. The van der Waals surface area contributed by atoms with Crippen molar-refractivity contribution in [2.24, 2.45) is 0 Å². The molecule has 0 N–H and O–H groups in total. The summed E-state index contributed by atoms with van der Waals surface area (Å²) in [5, 5.41) is 9.47. The molecule has 0 bridgehead atoms. The lowest BCUT2D eigenvalue weighted by Crippen LogP contribution is -2.02. The van der Waals surface area contributed by atoms with Gasteiger partial charge in [-0.25, -0.2) is 0 Å². The monoisotopic (exact) mass is 302 g/mol. The minimum Gasteiger partial charge on any atom is -0.258 e. The molecular weight excluding hydrogens is 296 g/mol. The number of aromatic nitrogens is 1. The molecule has 0 fully saturated rings. The van der Waals surface area contributed by atoms with Gasteiger partial charge in [0.2, 0.25) is 0 Å². The van der Waals surface area contributed by atoms with Crippen LogP contribution in [0.5, 0.6) is 0 Å². The van der Waals surface area contributed by atoms with Gasteiger partial charge in [0.25, 0.3) is 0 Å². The number of nitriles is 1. The van der Waals surface area contributed by atoms with E-state index in [1.165, 1.54) is 0 Å². The minimum absolute atomic E-state index is 0.159. The highest BCUT2D eigenvalue weighted by atomic mass is 79.9. The fourth-order valence-corrected chi connectivity index (χ4v) is 1.98. The first kappa shape index (κ1) is 10.7. The number of aryl methyl sites for hydroxylation is 1. The molecule has 1 aromatic rings. The molecule has 4 heteroatoms. The lowest BCUT2D eigenvalue weighted by molar-refractivity contribution is 0.918. The number of pyridine rings is 1. The van der Waals surface area contributed by atoms with Crippen LogP contribution in [0.4, 0.5) is 0 Å². The Labute approximate surface area is 94.2 Å². The summed E-state index contributed by atoms with van der Waals surface area (Å²) in [6.07, 6.45) is 1.72. The molecule has 0 aromatic carbocycles. The average molecular weight is 304 g/mol. The Morgan fingerprint density at radius 2 is 2.38 bits per heavy atom. The second kappa shape index (κ2) is 4.73. The van der Waals surface area contributed by atoms with E-state index in [1.54, 1.807) is 6.20 Å². The third-order valence-corrected chi connectivity index (χ3v) is 2.81. The van der Waals surface area contributed by atoms with E-state index in [0.717, 1.165) is 15.7 Å². The summed E-state index contributed by atoms with van der Waals surface area (Å²) >= 11 is 6.62. The normalized spacial score (nSPS) is 12.2. The summed E-state index contributed by atoms with van der Waals surface area (Å²) in [6.45, 7) is 1.96. The third kappa shape index (κ3) is 2.52. The van der Waals surface area contributed by atoms with E-state index in [0.29, 0.717) is 5.33 Å². The maximum Gasteiger partial charge on any atom is 0.0983 e. The van der Waals surface area contributed by atoms with E-state index < -0.39 is 0 Å². The lowest BCUT2D eigenvalue weighted by atomic mass is 10.0. The van der Waals surface area contributed by atoms with Crippen molar-refractivity contribution in [2.75, 3.05) is 5.33 Å². The van der Waals surface area contributed by atoms with Crippen LogP contribution in [-0.4, -0.2) is 10.3 Å². The molecule has 0 aliphatic rings. The van der Waals surface area contributed by atoms with E-state index in [9.17, 15) is 0 Å². The molecule has 0 aliphatic carbocycles. The smallest absolute Gasteiger partial charge is 0.0983 e. The van der Waals surface area contributed by atoms with E-state index in [2.05, 4.69) is 42.9 Å². The predicted molar refractivity (Wildman–Crippen MR) is 58.8 cm³/mol. The SMILES string of the molecule is Cc1cc(Br)cnc1C(C#N)CBr. The number of nitrogens with zero attached hydrogens (tertiary/aromatic N) is 2. The van der Waals surface area contributed by atoms with Crippen molar-refractivity contribution in [3.63, 3.8) is 0 Å². The Hall–Kier alpha value is -0.400. The zero-order chi connectivity index (χ0) is 9.84. The number of halogens is 2. The molecule has 13 heavy (non-hydrogen) atoms. The molecule has 1 unspecified atom stereocenters. The summed E-state index contributed by atoms with van der Waals surface area (Å²) in [6, 6.07) is 4.17. The van der Waals surface area contributed by atoms with Crippen LogP contribution in [0.25, 0.3) is 0 Å². The van der Waals surface area contributed by atoms with Crippen molar-refractivity contribution in [1.29, 1.82) is 5.26 Å². The predicted octanol–water partition coefficient (Wildman–Crippen LogP) is 3.15. The van der Waals surface area contributed by atoms with Gasteiger partial charge in [-0.3, -0.25) is 4.98 Å². The molecule has 1 aromatic heterocycles. The van der Waals surface area contributed by atoms with Crippen molar-refractivity contribution in [1.82, 2.24) is 4.98 Å². The number of hydrogen-bond acceptors (Lipinski definition) is 2. The third-order valence-electron chi connectivity index (χ3n) is 1.73. The van der Waals surface area contributed by atoms with Gasteiger partial charge < -0.3 is 0 Å². The Kier molecular flexibility index (Phi) is 3.89. The standard InChI is InChI=1S/C9H8Br2N2/c1-6-2-8(11)5-13-9(6)7(3-10)4-12/h2,5,7H,3H2,1H3. The highest BCUT2D eigenvalue weighted by Crippen LogP contribution is 2.21. The molecule has 1 heterocycles. The molecule has 0 radical (unpaired) electrons. The van der Waals surface area contributed by atoms with Gasteiger partial charge >= 0.3 is 0 Å². The van der Waals surface area contributed by atoms with Crippen LogP contribution in [0.3, 0.4) is 0 Å². The molecule has 2 nitrogen and oxygen atoms in total. The zero-order valence-corrected chi connectivity index (χ0v) is 10.3. The molecule has 0 saturated heterocycles. The largest absolute Gasteiger partial charge is 0.258 e. The van der Waals surface area contributed by atoms with Crippen LogP contribution in [0, 0.1) is 18.3 Å². The topological polar surface area (TPSA) is 36.7 Å². The van der Waals surface area contributed by atoms with E-state index in [4.69, 9.17) is 5.26 Å². The van der Waals surface area contributed by atoms with Gasteiger partial charge in [-0.1, -0.05) is 15.9 Å². The second-order valence-corrected chi connectivity index (χ2v) is 4.25. The molecular formula is C9H8Br2N2. The van der Waals surface area contributed by atoms with Gasteiger partial charge in [0.15, 0.2) is 0 Å². The van der Waals surface area contributed by atoms with Crippen LogP contribution in [0.2, 0.25) is 0 Å². The Morgan fingerprint density at radius 1 is 1.69 bits per heavy atom. The Balaban J connectivity index is 3.09. The quantitative estimate of drug-likeness (QED) is 0.787. The van der Waals surface area contributed by atoms with Crippen LogP contribution < -0.4 is 0 Å². The van der Waals surface area contributed by atoms with Gasteiger partial charge in [-0.15, -0.1) is 0 Å². The summed E-state index contributed by atoms with van der Waals surface area (Å²) in [5.41, 5.74) is 1.89. The zero-order valence-electron chi connectivity index (χ0n) is 7.09. The summed E-state index contributed by atoms with van der Waals surface area (Å²) < 4.78 is 0.944. The molecule has 0 amide bonds. The van der Waals surface area contributed by atoms with E-state index >= 15 is 0 Å². The Morgan fingerprint density at radius 3 is 2.85 bits per heavy atom. The maximum atomic E-state index is 8.84. The van der Waals surface area contributed by atoms with Crippen molar-refractivity contribution >= 4 is 31.9 Å². The lowest BCUT2D eigenvalue weighted by Gasteiger charge is -2.07. The summed E-state index contributed by atoms with van der Waals surface area (Å²) in [4.78, 5) is 4.22. The fourth-order valence-electron chi connectivity index (χ4n) is 1.08. The summed E-state index contributed by atoms with van der Waals surface area (Å²) in [5.74, 6) is -0.159. The fraction of sp³-hybridized carbons (Fsp3) is 0.333. The van der Waals surface area contributed by atoms with Gasteiger partial charge in [-0.05, 0) is 34.5 Å². The highest BCUT2D eigenvalue weighted by Gasteiger charge is 2.12. The second-order valence-electron chi connectivity index (χ2n) is 2.69. The average Bonchev–Trinajstić information content (AvgIpc) is 2.10. The van der Waals surface area contributed by atoms with Crippen molar-refractivity contribution in [3.8, 4) is 6.07 Å². The first-order chi connectivity index (χ1) is 6.19. The molecule has 0 spiro atoms. The molecule has 68 valence electrons. The van der Waals surface area contributed by atoms with Crippen molar-refractivity contribution < 1.29 is 0 Å². The maximum absolute atomic E-state index is 8.84. The number of alkyl halides is 1. The number of hydrogen-bond donors (Lipinski definition) is 0. The van der Waals surface area contributed by atoms with Gasteiger partial charge in [0.05, 0.1) is 17.7 Å². The van der Waals surface area contributed by atoms with Crippen LogP contribution in [-0.2, 0) is 0 Å². The molecule has 1 rings (SSSR count). The molecule has 0 aliphatic heterocycles. The van der Waals surface area contributed by atoms with E-state index in [-0.39, 0.29) is 5.92 Å². The van der Waals surface area contributed by atoms with Crippen LogP contribution >= 0.6 is 31.9 Å².